The smallest absolute Gasteiger partial charge is 0.0593 e. The Morgan fingerprint density at radius 2 is 1.94 bits per heavy atom. The lowest BCUT2D eigenvalue weighted by Crippen LogP contribution is -2.24. The minimum absolute atomic E-state index is 0.746. The number of nitrogens with zero attached hydrogens (tertiary/aromatic N) is 1. The van der Waals surface area contributed by atoms with Crippen LogP contribution in [0.15, 0.2) is 36.9 Å². The van der Waals surface area contributed by atoms with Gasteiger partial charge < -0.3 is 15.0 Å². The fourth-order valence-corrected chi connectivity index (χ4v) is 1.51. The van der Waals surface area contributed by atoms with Gasteiger partial charge in [-0.3, -0.25) is 0 Å². The number of nitrogens with one attached hydrogen (secondary N) is 1. The number of benzene rings is 1. The summed E-state index contributed by atoms with van der Waals surface area (Å²) < 4.78 is 5.50. The molecule has 0 spiro atoms. The van der Waals surface area contributed by atoms with Crippen LogP contribution in [0.2, 0.25) is 0 Å². The van der Waals surface area contributed by atoms with Crippen LogP contribution in [0.3, 0.4) is 0 Å². The van der Waals surface area contributed by atoms with Gasteiger partial charge in [-0.25, -0.2) is 0 Å². The lowest BCUT2D eigenvalue weighted by Gasteiger charge is -2.11. The maximum Gasteiger partial charge on any atom is 0.0593 e. The molecular weight excluding hydrogens is 224 g/mol. The van der Waals surface area contributed by atoms with Crippen molar-refractivity contribution in [3.63, 3.8) is 0 Å². The molecule has 1 rings (SSSR count). The van der Waals surface area contributed by atoms with Crippen LogP contribution >= 0.6 is 0 Å². The normalized spacial score (nSPS) is 10.8. The molecule has 0 amide bonds. The zero-order valence-corrected chi connectivity index (χ0v) is 11.5. The van der Waals surface area contributed by atoms with Gasteiger partial charge in [-0.05, 0) is 25.2 Å². The fraction of sp³-hybridized carbons (Fsp3) is 0.467. The predicted molar refractivity (Wildman–Crippen MR) is 77.7 cm³/mol. The lowest BCUT2D eigenvalue weighted by atomic mass is 10.1. The van der Waals surface area contributed by atoms with E-state index in [1.54, 1.807) is 0 Å². The van der Waals surface area contributed by atoms with Crippen LogP contribution in [0.1, 0.15) is 5.56 Å². The second-order valence-electron chi connectivity index (χ2n) is 4.56. The number of hydrogen-bond acceptors (Lipinski definition) is 3. The van der Waals surface area contributed by atoms with Gasteiger partial charge in [-0.15, -0.1) is 0 Å². The molecule has 0 saturated heterocycles. The highest BCUT2D eigenvalue weighted by molar-refractivity contribution is 5.64. The lowest BCUT2D eigenvalue weighted by molar-refractivity contribution is 0.120. The van der Waals surface area contributed by atoms with Crippen LogP contribution in [-0.4, -0.2) is 51.8 Å². The minimum Gasteiger partial charge on any atom is -0.379 e. The topological polar surface area (TPSA) is 24.5 Å². The Kier molecular flexibility index (Phi) is 7.34. The molecule has 0 atom stereocenters. The zero-order valence-electron chi connectivity index (χ0n) is 11.5. The van der Waals surface area contributed by atoms with Gasteiger partial charge in [0.25, 0.3) is 0 Å². The van der Waals surface area contributed by atoms with E-state index in [1.165, 1.54) is 5.56 Å². The summed E-state index contributed by atoms with van der Waals surface area (Å²) >= 11 is 0. The van der Waals surface area contributed by atoms with Gasteiger partial charge in [-0.1, -0.05) is 36.9 Å². The Morgan fingerprint density at radius 3 is 2.61 bits per heavy atom. The molecule has 0 saturated carbocycles. The van der Waals surface area contributed by atoms with E-state index in [0.29, 0.717) is 0 Å². The quantitative estimate of drug-likeness (QED) is 0.675. The highest BCUT2D eigenvalue weighted by atomic mass is 16.5. The predicted octanol–water partition coefficient (Wildman–Crippen LogP) is 1.87. The molecule has 3 nitrogen and oxygen atoms in total. The van der Waals surface area contributed by atoms with Crippen LogP contribution < -0.4 is 5.32 Å². The molecule has 0 aliphatic heterocycles. The van der Waals surface area contributed by atoms with E-state index >= 15 is 0 Å². The highest BCUT2D eigenvalue weighted by Crippen LogP contribution is 2.09. The van der Waals surface area contributed by atoms with Crippen molar-refractivity contribution in [3.8, 4) is 0 Å². The zero-order chi connectivity index (χ0) is 13.2. The SMILES string of the molecule is C=C(CNCCOCCN(C)C)c1ccccc1. The molecule has 1 aromatic carbocycles. The van der Waals surface area contributed by atoms with E-state index in [2.05, 4.69) is 28.9 Å². The van der Waals surface area contributed by atoms with Gasteiger partial charge in [0.2, 0.25) is 0 Å². The van der Waals surface area contributed by atoms with Crippen LogP contribution in [0.4, 0.5) is 0 Å². The molecule has 18 heavy (non-hydrogen) atoms. The molecule has 1 N–H and O–H groups in total. The van der Waals surface area contributed by atoms with Crippen molar-refractivity contribution in [2.75, 3.05) is 46.9 Å². The van der Waals surface area contributed by atoms with Gasteiger partial charge in [0, 0.05) is 19.6 Å². The Morgan fingerprint density at radius 1 is 1.22 bits per heavy atom. The average molecular weight is 248 g/mol. The summed E-state index contributed by atoms with van der Waals surface area (Å²) in [6, 6.07) is 10.2. The Bertz CT molecular complexity index is 336. The third kappa shape index (κ3) is 6.55. The monoisotopic (exact) mass is 248 g/mol. The number of ether oxygens (including phenoxy) is 1. The molecule has 3 heteroatoms. The van der Waals surface area contributed by atoms with Crippen molar-refractivity contribution >= 4 is 5.57 Å². The molecular formula is C15H24N2O. The van der Waals surface area contributed by atoms with Crippen molar-refractivity contribution in [2.24, 2.45) is 0 Å². The molecule has 100 valence electrons. The Labute approximate surface area is 110 Å². The molecule has 0 aliphatic rings. The first-order valence-electron chi connectivity index (χ1n) is 6.36. The third-order valence-corrected chi connectivity index (χ3v) is 2.63. The van der Waals surface area contributed by atoms with Gasteiger partial charge in [0.1, 0.15) is 0 Å². The Balaban J connectivity index is 2.03. The summed E-state index contributed by atoms with van der Waals surface area (Å²) in [5, 5.41) is 3.33. The first-order valence-corrected chi connectivity index (χ1v) is 6.36. The maximum absolute atomic E-state index is 5.50. The largest absolute Gasteiger partial charge is 0.379 e. The van der Waals surface area contributed by atoms with Crippen molar-refractivity contribution in [1.29, 1.82) is 0 Å². The standard InChI is InChI=1S/C15H24N2O/c1-14(15-7-5-4-6-8-15)13-16-9-11-18-12-10-17(2)3/h4-8,16H,1,9-13H2,2-3H3. The summed E-state index contributed by atoms with van der Waals surface area (Å²) in [5.41, 5.74) is 2.31. The third-order valence-electron chi connectivity index (χ3n) is 2.63. The second kappa shape index (κ2) is 8.86. The summed E-state index contributed by atoms with van der Waals surface area (Å²) in [6.07, 6.45) is 0. The van der Waals surface area contributed by atoms with E-state index in [1.807, 2.05) is 32.3 Å². The molecule has 0 aliphatic carbocycles. The number of hydrogen-bond donors (Lipinski definition) is 1. The van der Waals surface area contributed by atoms with E-state index in [-0.39, 0.29) is 0 Å². The van der Waals surface area contributed by atoms with E-state index in [9.17, 15) is 0 Å². The van der Waals surface area contributed by atoms with Crippen molar-refractivity contribution < 1.29 is 4.74 Å². The van der Waals surface area contributed by atoms with Gasteiger partial charge in [-0.2, -0.15) is 0 Å². The van der Waals surface area contributed by atoms with Gasteiger partial charge >= 0.3 is 0 Å². The van der Waals surface area contributed by atoms with Crippen molar-refractivity contribution in [2.45, 2.75) is 0 Å². The molecule has 0 heterocycles. The van der Waals surface area contributed by atoms with Crippen LogP contribution in [-0.2, 0) is 4.74 Å². The first-order chi connectivity index (χ1) is 8.70. The maximum atomic E-state index is 5.50. The Hall–Kier alpha value is -1.16. The molecule has 0 aromatic heterocycles. The number of rotatable bonds is 9. The second-order valence-corrected chi connectivity index (χ2v) is 4.56. The number of likely N-dealkylation sites (N-methyl/N-ethyl adjacent to an activating group) is 1. The summed E-state index contributed by atoms with van der Waals surface area (Å²) in [6.45, 7) is 8.24. The molecule has 1 aromatic rings. The van der Waals surface area contributed by atoms with Crippen LogP contribution in [0.5, 0.6) is 0 Å². The summed E-state index contributed by atoms with van der Waals surface area (Å²) in [4.78, 5) is 2.12. The highest BCUT2D eigenvalue weighted by Gasteiger charge is 1.97. The molecule has 0 fully saturated rings. The molecule has 0 bridgehead atoms. The van der Waals surface area contributed by atoms with E-state index in [4.69, 9.17) is 4.74 Å². The molecule has 0 unspecified atom stereocenters. The summed E-state index contributed by atoms with van der Waals surface area (Å²) in [5.74, 6) is 0. The van der Waals surface area contributed by atoms with E-state index in [0.717, 1.165) is 38.4 Å². The minimum atomic E-state index is 0.746. The van der Waals surface area contributed by atoms with Crippen LogP contribution in [0, 0.1) is 0 Å². The van der Waals surface area contributed by atoms with E-state index < -0.39 is 0 Å². The van der Waals surface area contributed by atoms with Gasteiger partial charge in [0.15, 0.2) is 0 Å². The summed E-state index contributed by atoms with van der Waals surface area (Å²) in [7, 11) is 4.09. The van der Waals surface area contributed by atoms with Crippen molar-refractivity contribution in [1.82, 2.24) is 10.2 Å². The first kappa shape index (κ1) is 14.9. The van der Waals surface area contributed by atoms with Crippen LogP contribution in [0.25, 0.3) is 5.57 Å². The fourth-order valence-electron chi connectivity index (χ4n) is 1.51. The van der Waals surface area contributed by atoms with Gasteiger partial charge in [0.05, 0.1) is 13.2 Å². The average Bonchev–Trinajstić information content (AvgIpc) is 2.38. The van der Waals surface area contributed by atoms with Crippen molar-refractivity contribution in [3.05, 3.63) is 42.5 Å². The molecule has 0 radical (unpaired) electrons.